The molecule has 24 heavy (non-hydrogen) atoms. The van der Waals surface area contributed by atoms with Crippen molar-refractivity contribution in [1.29, 1.82) is 0 Å². The first-order chi connectivity index (χ1) is 11.3. The quantitative estimate of drug-likeness (QED) is 0.735. The Morgan fingerprint density at radius 3 is 2.17 bits per heavy atom. The van der Waals surface area contributed by atoms with Crippen molar-refractivity contribution in [3.05, 3.63) is 64.6 Å². The number of nitrogens with zero attached hydrogens (tertiary/aromatic N) is 2. The Bertz CT molecular complexity index is 792. The topological polar surface area (TPSA) is 57.7 Å². The van der Waals surface area contributed by atoms with Crippen molar-refractivity contribution in [2.75, 3.05) is 20.6 Å². The molecule has 0 aliphatic rings. The number of likely N-dealkylation sites (N-methyl/N-ethyl adjacent to an activating group) is 2. The number of amides is 1. The molecule has 0 saturated carbocycles. The van der Waals surface area contributed by atoms with E-state index in [-0.39, 0.29) is 17.3 Å². The largest absolute Gasteiger partial charge is 0.340 e. The van der Waals surface area contributed by atoms with Crippen LogP contribution >= 0.6 is 15.9 Å². The Morgan fingerprint density at radius 1 is 1.00 bits per heavy atom. The second-order valence-corrected chi connectivity index (χ2v) is 8.41. The van der Waals surface area contributed by atoms with Crippen LogP contribution in [0.5, 0.6) is 0 Å². The van der Waals surface area contributed by atoms with E-state index in [1.807, 2.05) is 30.3 Å². The zero-order valence-electron chi connectivity index (χ0n) is 13.5. The number of benzene rings is 2. The number of rotatable bonds is 6. The van der Waals surface area contributed by atoms with E-state index in [4.69, 9.17) is 0 Å². The monoisotopic (exact) mass is 410 g/mol. The van der Waals surface area contributed by atoms with Gasteiger partial charge in [0, 0.05) is 25.1 Å². The molecule has 128 valence electrons. The van der Waals surface area contributed by atoms with Crippen LogP contribution in [0.2, 0.25) is 0 Å². The first-order valence-electron chi connectivity index (χ1n) is 7.30. The fourth-order valence-corrected chi connectivity index (χ4v) is 3.51. The molecule has 2 rings (SSSR count). The van der Waals surface area contributed by atoms with Gasteiger partial charge in [-0.1, -0.05) is 46.3 Å². The smallest absolute Gasteiger partial charge is 0.243 e. The van der Waals surface area contributed by atoms with Crippen LogP contribution in [0.25, 0.3) is 0 Å². The molecular formula is C17H19BrN2O3S. The molecule has 0 aliphatic heterocycles. The number of carbonyl (C=O) groups excluding carboxylic acids is 1. The van der Waals surface area contributed by atoms with Crippen LogP contribution in [0.4, 0.5) is 0 Å². The van der Waals surface area contributed by atoms with Gasteiger partial charge in [0.05, 0.1) is 11.4 Å². The number of hydrogen-bond acceptors (Lipinski definition) is 3. The van der Waals surface area contributed by atoms with Gasteiger partial charge >= 0.3 is 0 Å². The first-order valence-corrected chi connectivity index (χ1v) is 9.54. The molecule has 0 fully saturated rings. The normalized spacial score (nSPS) is 11.5. The van der Waals surface area contributed by atoms with E-state index in [1.54, 1.807) is 19.2 Å². The highest BCUT2D eigenvalue weighted by molar-refractivity contribution is 9.10. The summed E-state index contributed by atoms with van der Waals surface area (Å²) in [4.78, 5) is 14.0. The summed E-state index contributed by atoms with van der Waals surface area (Å²) in [5, 5.41) is 0. The highest BCUT2D eigenvalue weighted by atomic mass is 79.9. The third kappa shape index (κ3) is 4.66. The minimum atomic E-state index is -3.69. The van der Waals surface area contributed by atoms with Gasteiger partial charge in [0.2, 0.25) is 15.9 Å². The van der Waals surface area contributed by atoms with Gasteiger partial charge < -0.3 is 4.90 Å². The lowest BCUT2D eigenvalue weighted by Gasteiger charge is -2.22. The average Bonchev–Trinajstić information content (AvgIpc) is 2.56. The van der Waals surface area contributed by atoms with Crippen molar-refractivity contribution in [3.63, 3.8) is 0 Å². The SMILES string of the molecule is CN(Cc1ccccc1)C(=O)CN(C)S(=O)(=O)c1ccc(Br)cc1. The standard InChI is InChI=1S/C17H19BrN2O3S/c1-19(12-14-6-4-3-5-7-14)17(21)13-20(2)24(22,23)16-10-8-15(18)9-11-16/h3-11H,12-13H2,1-2H3. The van der Waals surface area contributed by atoms with E-state index in [9.17, 15) is 13.2 Å². The maximum atomic E-state index is 12.5. The summed E-state index contributed by atoms with van der Waals surface area (Å²) in [6.07, 6.45) is 0. The third-order valence-electron chi connectivity index (χ3n) is 3.57. The van der Waals surface area contributed by atoms with Crippen molar-refractivity contribution in [2.24, 2.45) is 0 Å². The zero-order valence-corrected chi connectivity index (χ0v) is 15.9. The van der Waals surface area contributed by atoms with Crippen LogP contribution in [0.3, 0.4) is 0 Å². The van der Waals surface area contributed by atoms with Crippen LogP contribution in [-0.4, -0.2) is 44.2 Å². The maximum Gasteiger partial charge on any atom is 0.243 e. The highest BCUT2D eigenvalue weighted by Crippen LogP contribution is 2.18. The van der Waals surface area contributed by atoms with Crippen LogP contribution in [0.1, 0.15) is 5.56 Å². The zero-order chi connectivity index (χ0) is 17.7. The lowest BCUT2D eigenvalue weighted by Crippen LogP contribution is -2.39. The summed E-state index contributed by atoms with van der Waals surface area (Å²) < 4.78 is 26.9. The Kier molecular flexibility index (Phi) is 6.15. The fourth-order valence-electron chi connectivity index (χ4n) is 2.13. The molecule has 0 spiro atoms. The lowest BCUT2D eigenvalue weighted by molar-refractivity contribution is -0.130. The van der Waals surface area contributed by atoms with Crippen molar-refractivity contribution in [2.45, 2.75) is 11.4 Å². The van der Waals surface area contributed by atoms with Crippen molar-refractivity contribution < 1.29 is 13.2 Å². The predicted octanol–water partition coefficient (Wildman–Crippen LogP) is 2.73. The Balaban J connectivity index is 2.03. The van der Waals surface area contributed by atoms with Gasteiger partial charge in [-0.3, -0.25) is 4.79 Å². The number of hydrogen-bond donors (Lipinski definition) is 0. The van der Waals surface area contributed by atoms with E-state index < -0.39 is 10.0 Å². The summed E-state index contributed by atoms with van der Waals surface area (Å²) in [7, 11) is -0.622. The molecular weight excluding hydrogens is 392 g/mol. The van der Waals surface area contributed by atoms with E-state index >= 15 is 0 Å². The molecule has 0 atom stereocenters. The fraction of sp³-hybridized carbons (Fsp3) is 0.235. The molecule has 2 aromatic rings. The Morgan fingerprint density at radius 2 is 1.58 bits per heavy atom. The minimum absolute atomic E-state index is 0.159. The van der Waals surface area contributed by atoms with E-state index in [1.165, 1.54) is 24.1 Å². The minimum Gasteiger partial charge on any atom is -0.340 e. The number of sulfonamides is 1. The molecule has 0 unspecified atom stereocenters. The molecule has 7 heteroatoms. The number of halogens is 1. The van der Waals surface area contributed by atoms with Crippen LogP contribution in [-0.2, 0) is 21.4 Å². The van der Waals surface area contributed by atoms with Gasteiger partial charge in [0.25, 0.3) is 0 Å². The van der Waals surface area contributed by atoms with Gasteiger partial charge in [-0.05, 0) is 29.8 Å². The van der Waals surface area contributed by atoms with Gasteiger partial charge in [-0.2, -0.15) is 4.31 Å². The average molecular weight is 411 g/mol. The van der Waals surface area contributed by atoms with Crippen LogP contribution in [0, 0.1) is 0 Å². The van der Waals surface area contributed by atoms with Gasteiger partial charge in [0.15, 0.2) is 0 Å². The molecule has 0 saturated heterocycles. The Hall–Kier alpha value is -1.70. The van der Waals surface area contributed by atoms with Crippen molar-refractivity contribution >= 4 is 31.9 Å². The first kappa shape index (κ1) is 18.6. The number of carbonyl (C=O) groups is 1. The lowest BCUT2D eigenvalue weighted by atomic mass is 10.2. The summed E-state index contributed by atoms with van der Waals surface area (Å²) >= 11 is 3.27. The molecule has 0 heterocycles. The van der Waals surface area contributed by atoms with Crippen LogP contribution < -0.4 is 0 Å². The van der Waals surface area contributed by atoms with E-state index in [2.05, 4.69) is 15.9 Å². The van der Waals surface area contributed by atoms with Gasteiger partial charge in [-0.25, -0.2) is 8.42 Å². The molecule has 5 nitrogen and oxygen atoms in total. The van der Waals surface area contributed by atoms with Crippen molar-refractivity contribution in [1.82, 2.24) is 9.21 Å². The molecule has 0 bridgehead atoms. The van der Waals surface area contributed by atoms with E-state index in [0.717, 1.165) is 14.3 Å². The van der Waals surface area contributed by atoms with Gasteiger partial charge in [0.1, 0.15) is 0 Å². The van der Waals surface area contributed by atoms with E-state index in [0.29, 0.717) is 6.54 Å². The van der Waals surface area contributed by atoms with Gasteiger partial charge in [-0.15, -0.1) is 0 Å². The molecule has 0 radical (unpaired) electrons. The Labute approximate surface area is 151 Å². The summed E-state index contributed by atoms with van der Waals surface area (Å²) in [5.41, 5.74) is 0.992. The summed E-state index contributed by atoms with van der Waals surface area (Å²) in [6, 6.07) is 15.9. The highest BCUT2D eigenvalue weighted by Gasteiger charge is 2.24. The predicted molar refractivity (Wildman–Crippen MR) is 96.9 cm³/mol. The van der Waals surface area contributed by atoms with Crippen molar-refractivity contribution in [3.8, 4) is 0 Å². The molecule has 0 aromatic heterocycles. The summed E-state index contributed by atoms with van der Waals surface area (Å²) in [6.45, 7) is 0.230. The van der Waals surface area contributed by atoms with Crippen LogP contribution in [0.15, 0.2) is 64.0 Å². The maximum absolute atomic E-state index is 12.5. The molecule has 0 N–H and O–H groups in total. The second-order valence-electron chi connectivity index (χ2n) is 5.45. The molecule has 1 amide bonds. The molecule has 2 aromatic carbocycles. The summed E-state index contributed by atoms with van der Waals surface area (Å²) in [5.74, 6) is -0.262. The third-order valence-corrected chi connectivity index (χ3v) is 5.91. The second kappa shape index (κ2) is 7.92. The molecule has 0 aliphatic carbocycles.